The minimum Gasteiger partial charge on any atom is -0.495 e. The molecule has 0 bridgehead atoms. The number of fused-ring (bicyclic) bond motifs is 3. The van der Waals surface area contributed by atoms with Crippen LogP contribution < -0.4 is 10.1 Å². The SMILES string of the molecule is COc1ccc(Cl)cc1NC(=O)N1Cc2c(C)nn(-c3ccccc3)c2-n2cccc2C1c1cccc(C)c1. The van der Waals surface area contributed by atoms with Gasteiger partial charge in [-0.25, -0.2) is 9.48 Å². The Labute approximate surface area is 232 Å². The van der Waals surface area contributed by atoms with Gasteiger partial charge >= 0.3 is 6.03 Å². The van der Waals surface area contributed by atoms with E-state index in [1.165, 1.54) is 0 Å². The second kappa shape index (κ2) is 10.0. The molecule has 8 heteroatoms. The van der Waals surface area contributed by atoms with Crippen LogP contribution in [-0.2, 0) is 6.54 Å². The first-order valence-corrected chi connectivity index (χ1v) is 13.1. The summed E-state index contributed by atoms with van der Waals surface area (Å²) in [4.78, 5) is 16.0. The predicted molar refractivity (Wildman–Crippen MR) is 153 cm³/mol. The number of carbonyl (C=O) groups is 1. The second-order valence-corrected chi connectivity index (χ2v) is 10.1. The van der Waals surface area contributed by atoms with Crippen LogP contribution in [0.1, 0.15) is 34.1 Å². The number of nitrogens with zero attached hydrogens (tertiary/aromatic N) is 4. The number of hydrogen-bond acceptors (Lipinski definition) is 3. The molecule has 1 unspecified atom stereocenters. The van der Waals surface area contributed by atoms with Crippen molar-refractivity contribution in [2.45, 2.75) is 26.4 Å². The van der Waals surface area contributed by atoms with Crippen molar-refractivity contribution in [1.29, 1.82) is 0 Å². The van der Waals surface area contributed by atoms with E-state index in [0.717, 1.165) is 39.6 Å². The largest absolute Gasteiger partial charge is 0.495 e. The first-order valence-electron chi connectivity index (χ1n) is 12.7. The summed E-state index contributed by atoms with van der Waals surface area (Å²) in [6.45, 7) is 4.40. The number of benzene rings is 3. The lowest BCUT2D eigenvalue weighted by molar-refractivity contribution is 0.194. The van der Waals surface area contributed by atoms with Gasteiger partial charge in [-0.05, 0) is 61.9 Å². The van der Waals surface area contributed by atoms with Crippen LogP contribution in [0.3, 0.4) is 0 Å². The Morgan fingerprint density at radius 2 is 1.82 bits per heavy atom. The lowest BCUT2D eigenvalue weighted by Gasteiger charge is -2.31. The van der Waals surface area contributed by atoms with E-state index < -0.39 is 0 Å². The normalized spacial score (nSPS) is 14.4. The molecular formula is C31H28ClN5O2. The highest BCUT2D eigenvalue weighted by atomic mass is 35.5. The van der Waals surface area contributed by atoms with E-state index in [2.05, 4.69) is 41.1 Å². The first kappa shape index (κ1) is 24.8. The number of hydrogen-bond donors (Lipinski definition) is 1. The second-order valence-electron chi connectivity index (χ2n) is 9.66. The van der Waals surface area contributed by atoms with Gasteiger partial charge in [0, 0.05) is 16.8 Å². The number of halogens is 1. The van der Waals surface area contributed by atoms with Crippen molar-refractivity contribution < 1.29 is 9.53 Å². The minimum atomic E-state index is -0.360. The van der Waals surface area contributed by atoms with Crippen LogP contribution in [0.25, 0.3) is 11.5 Å². The fraction of sp³-hybridized carbons (Fsp3) is 0.161. The molecule has 0 radical (unpaired) electrons. The van der Waals surface area contributed by atoms with Crippen LogP contribution >= 0.6 is 11.6 Å². The number of ether oxygens (including phenoxy) is 1. The van der Waals surface area contributed by atoms with Gasteiger partial charge in [-0.15, -0.1) is 0 Å². The summed E-state index contributed by atoms with van der Waals surface area (Å²) in [5.41, 5.74) is 6.40. The maximum absolute atomic E-state index is 14.2. The highest BCUT2D eigenvalue weighted by Gasteiger charge is 2.36. The number of aryl methyl sites for hydroxylation is 2. The molecule has 0 spiro atoms. The zero-order chi connectivity index (χ0) is 27.1. The van der Waals surface area contributed by atoms with E-state index in [0.29, 0.717) is 23.0 Å². The summed E-state index contributed by atoms with van der Waals surface area (Å²) in [5.74, 6) is 1.46. The minimum absolute atomic E-state index is 0.269. The summed E-state index contributed by atoms with van der Waals surface area (Å²) in [6, 6.07) is 27.0. The summed E-state index contributed by atoms with van der Waals surface area (Å²) in [5, 5.41) is 8.49. The molecule has 6 rings (SSSR count). The molecule has 2 aromatic heterocycles. The number of para-hydroxylation sites is 1. The van der Waals surface area contributed by atoms with Crippen molar-refractivity contribution in [2.24, 2.45) is 0 Å². The monoisotopic (exact) mass is 537 g/mol. The number of carbonyl (C=O) groups excluding carboxylic acids is 1. The Kier molecular flexibility index (Phi) is 6.37. The van der Waals surface area contributed by atoms with E-state index >= 15 is 0 Å². The van der Waals surface area contributed by atoms with E-state index in [1.807, 2.05) is 65.2 Å². The first-order chi connectivity index (χ1) is 18.9. The van der Waals surface area contributed by atoms with Gasteiger partial charge in [0.1, 0.15) is 11.6 Å². The topological polar surface area (TPSA) is 64.3 Å². The third-order valence-electron chi connectivity index (χ3n) is 7.11. The number of anilines is 1. The van der Waals surface area contributed by atoms with Crippen molar-refractivity contribution in [1.82, 2.24) is 19.2 Å². The lowest BCUT2D eigenvalue weighted by atomic mass is 10.00. The van der Waals surface area contributed by atoms with E-state index in [-0.39, 0.29) is 12.1 Å². The van der Waals surface area contributed by atoms with Gasteiger partial charge in [-0.3, -0.25) is 0 Å². The summed E-state index contributed by atoms with van der Waals surface area (Å²) in [6.07, 6.45) is 2.04. The van der Waals surface area contributed by atoms with Crippen molar-refractivity contribution in [3.05, 3.63) is 124 Å². The van der Waals surface area contributed by atoms with Crippen molar-refractivity contribution in [3.63, 3.8) is 0 Å². The van der Waals surface area contributed by atoms with Crippen LogP contribution in [0, 0.1) is 13.8 Å². The number of amides is 2. The Morgan fingerprint density at radius 1 is 1.00 bits per heavy atom. The average Bonchev–Trinajstić information content (AvgIpc) is 3.49. The zero-order valence-electron chi connectivity index (χ0n) is 21.9. The lowest BCUT2D eigenvalue weighted by Crippen LogP contribution is -2.38. The molecule has 3 heterocycles. The number of methoxy groups -OCH3 is 1. The molecule has 1 aliphatic rings. The molecule has 1 atom stereocenters. The highest BCUT2D eigenvalue weighted by Crippen LogP contribution is 2.39. The fourth-order valence-electron chi connectivity index (χ4n) is 5.31. The van der Waals surface area contributed by atoms with Crippen molar-refractivity contribution >= 4 is 23.3 Å². The Morgan fingerprint density at radius 3 is 2.59 bits per heavy atom. The number of rotatable bonds is 4. The van der Waals surface area contributed by atoms with Gasteiger partial charge in [-0.1, -0.05) is 59.6 Å². The van der Waals surface area contributed by atoms with E-state index in [4.69, 9.17) is 21.4 Å². The molecule has 2 amide bonds. The number of aromatic nitrogens is 3. The third kappa shape index (κ3) is 4.45. The Balaban J connectivity index is 1.54. The van der Waals surface area contributed by atoms with Gasteiger partial charge in [0.2, 0.25) is 0 Å². The Bertz CT molecular complexity index is 1670. The molecule has 0 saturated carbocycles. The van der Waals surface area contributed by atoms with Crippen LogP contribution in [0.15, 0.2) is 91.1 Å². The molecule has 39 heavy (non-hydrogen) atoms. The van der Waals surface area contributed by atoms with Gasteiger partial charge < -0.3 is 19.5 Å². The van der Waals surface area contributed by atoms with Crippen molar-refractivity contribution in [2.75, 3.05) is 12.4 Å². The zero-order valence-corrected chi connectivity index (χ0v) is 22.7. The van der Waals surface area contributed by atoms with E-state index in [9.17, 15) is 4.79 Å². The smallest absolute Gasteiger partial charge is 0.323 e. The van der Waals surface area contributed by atoms with Gasteiger partial charge in [0.05, 0.1) is 42.5 Å². The van der Waals surface area contributed by atoms with Gasteiger partial charge in [0.25, 0.3) is 0 Å². The molecule has 5 aromatic rings. The maximum atomic E-state index is 14.2. The van der Waals surface area contributed by atoms with Crippen LogP contribution in [0.5, 0.6) is 5.75 Å². The van der Waals surface area contributed by atoms with Crippen molar-refractivity contribution in [3.8, 4) is 17.3 Å². The molecule has 1 aliphatic heterocycles. The summed E-state index contributed by atoms with van der Waals surface area (Å²) >= 11 is 6.28. The van der Waals surface area contributed by atoms with Gasteiger partial charge in [0.15, 0.2) is 0 Å². The third-order valence-corrected chi connectivity index (χ3v) is 7.34. The number of nitrogens with one attached hydrogen (secondary N) is 1. The van der Waals surface area contributed by atoms with E-state index in [1.54, 1.807) is 25.3 Å². The molecule has 0 aliphatic carbocycles. The van der Waals surface area contributed by atoms with Gasteiger partial charge in [-0.2, -0.15) is 5.10 Å². The predicted octanol–water partition coefficient (Wildman–Crippen LogP) is 7.08. The fourth-order valence-corrected chi connectivity index (χ4v) is 5.48. The quantitative estimate of drug-likeness (QED) is 0.266. The maximum Gasteiger partial charge on any atom is 0.323 e. The Hall–Kier alpha value is -4.49. The highest BCUT2D eigenvalue weighted by molar-refractivity contribution is 6.31. The number of urea groups is 1. The average molecular weight is 538 g/mol. The van der Waals surface area contributed by atoms with Crippen LogP contribution in [-0.4, -0.2) is 32.4 Å². The standard InChI is InChI=1S/C31H28ClN5O2/c1-20-9-7-10-22(17-20)29-27-13-8-16-35(27)30-25(21(2)34-37(30)24-11-5-4-6-12-24)19-36(29)31(38)33-26-18-23(32)14-15-28(26)39-3/h4-18,29H,19H2,1-3H3,(H,33,38). The molecule has 0 saturated heterocycles. The molecule has 1 N–H and O–H groups in total. The molecule has 196 valence electrons. The molecular weight excluding hydrogens is 510 g/mol. The molecule has 3 aromatic carbocycles. The molecule has 7 nitrogen and oxygen atoms in total. The molecule has 0 fully saturated rings. The summed E-state index contributed by atoms with van der Waals surface area (Å²) in [7, 11) is 1.57. The summed E-state index contributed by atoms with van der Waals surface area (Å²) < 4.78 is 9.62. The van der Waals surface area contributed by atoms with Crippen LogP contribution in [0.4, 0.5) is 10.5 Å². The van der Waals surface area contributed by atoms with Crippen LogP contribution in [0.2, 0.25) is 5.02 Å².